The molecule has 0 aromatic heterocycles. The molecule has 0 bridgehead atoms. The Morgan fingerprint density at radius 3 is 2.05 bits per heavy atom. The number of carboxylic acids is 1. The molecule has 2 heterocycles. The van der Waals surface area contributed by atoms with Crippen LogP contribution in [0.3, 0.4) is 0 Å². The lowest BCUT2D eigenvalue weighted by Gasteiger charge is -2.46. The number of aliphatic carboxylic acids is 1. The van der Waals surface area contributed by atoms with Crippen LogP contribution in [-0.2, 0) is 4.79 Å². The Morgan fingerprint density at radius 1 is 1.05 bits per heavy atom. The summed E-state index contributed by atoms with van der Waals surface area (Å²) in [6.45, 7) is 9.35. The van der Waals surface area contributed by atoms with E-state index in [0.29, 0.717) is 5.92 Å². The maximum absolute atomic E-state index is 12.0. The molecule has 0 saturated carbocycles. The second-order valence-electron chi connectivity index (χ2n) is 6.93. The van der Waals surface area contributed by atoms with E-state index in [9.17, 15) is 9.90 Å². The topological polar surface area (TPSA) is 43.8 Å². The molecule has 4 heteroatoms. The van der Waals surface area contributed by atoms with E-state index >= 15 is 0 Å². The number of piperidine rings is 1. The molecule has 0 aliphatic carbocycles. The van der Waals surface area contributed by atoms with Crippen molar-refractivity contribution >= 4 is 5.97 Å². The van der Waals surface area contributed by atoms with Crippen LogP contribution >= 0.6 is 0 Å². The van der Waals surface area contributed by atoms with Crippen molar-refractivity contribution in [1.82, 2.24) is 9.80 Å². The molecule has 0 atom stereocenters. The predicted octanol–water partition coefficient (Wildman–Crippen LogP) is 2.44. The highest BCUT2D eigenvalue weighted by Gasteiger charge is 2.46. The van der Waals surface area contributed by atoms with Gasteiger partial charge < -0.3 is 10.0 Å². The van der Waals surface area contributed by atoms with Crippen LogP contribution in [0.5, 0.6) is 0 Å². The second kappa shape index (κ2) is 6.90. The molecule has 0 spiro atoms. The third kappa shape index (κ3) is 3.53. The van der Waals surface area contributed by atoms with Crippen molar-refractivity contribution in [3.05, 3.63) is 0 Å². The average Bonchev–Trinajstić information content (AvgIpc) is 2.68. The predicted molar refractivity (Wildman–Crippen MR) is 80.9 cm³/mol. The van der Waals surface area contributed by atoms with Gasteiger partial charge in [0.25, 0.3) is 0 Å². The van der Waals surface area contributed by atoms with Crippen molar-refractivity contribution in [3.63, 3.8) is 0 Å². The number of carbonyl (C=O) groups is 1. The number of hydrogen-bond acceptors (Lipinski definition) is 3. The maximum Gasteiger partial charge on any atom is 0.324 e. The van der Waals surface area contributed by atoms with E-state index in [-0.39, 0.29) is 0 Å². The minimum Gasteiger partial charge on any atom is -0.480 e. The molecule has 4 nitrogen and oxygen atoms in total. The summed E-state index contributed by atoms with van der Waals surface area (Å²) in [4.78, 5) is 16.7. The van der Waals surface area contributed by atoms with Gasteiger partial charge in [-0.2, -0.15) is 0 Å². The van der Waals surface area contributed by atoms with Gasteiger partial charge in [-0.1, -0.05) is 26.7 Å². The van der Waals surface area contributed by atoms with Crippen LogP contribution in [0.4, 0.5) is 0 Å². The monoisotopic (exact) mass is 282 g/mol. The Bertz CT molecular complexity index is 314. The van der Waals surface area contributed by atoms with E-state index in [0.717, 1.165) is 58.4 Å². The number of rotatable bonds is 4. The molecule has 1 N–H and O–H groups in total. The summed E-state index contributed by atoms with van der Waals surface area (Å²) in [6.07, 6.45) is 6.40. The van der Waals surface area contributed by atoms with E-state index < -0.39 is 11.5 Å². The molecule has 2 aliphatic heterocycles. The zero-order chi connectivity index (χ0) is 14.6. The van der Waals surface area contributed by atoms with Crippen LogP contribution in [0.25, 0.3) is 0 Å². The zero-order valence-electron chi connectivity index (χ0n) is 13.1. The first-order chi connectivity index (χ1) is 9.54. The van der Waals surface area contributed by atoms with Crippen LogP contribution in [-0.4, -0.2) is 59.1 Å². The lowest BCUT2D eigenvalue weighted by molar-refractivity contribution is -0.155. The van der Waals surface area contributed by atoms with E-state index in [1.807, 2.05) is 0 Å². The molecule has 20 heavy (non-hydrogen) atoms. The largest absolute Gasteiger partial charge is 0.480 e. The molecule has 0 aromatic rings. The van der Waals surface area contributed by atoms with Gasteiger partial charge in [-0.25, -0.2) is 0 Å². The average molecular weight is 282 g/mol. The number of hydrogen-bond donors (Lipinski definition) is 1. The van der Waals surface area contributed by atoms with E-state index in [2.05, 4.69) is 23.6 Å². The van der Waals surface area contributed by atoms with Crippen LogP contribution in [0.2, 0.25) is 0 Å². The maximum atomic E-state index is 12.0. The minimum atomic E-state index is -0.594. The summed E-state index contributed by atoms with van der Waals surface area (Å²) in [5, 5.41) is 9.84. The van der Waals surface area contributed by atoms with Crippen molar-refractivity contribution < 1.29 is 9.90 Å². The van der Waals surface area contributed by atoms with Gasteiger partial charge in [0, 0.05) is 19.6 Å². The first-order valence-corrected chi connectivity index (χ1v) is 8.25. The Labute approximate surface area is 123 Å². The van der Waals surface area contributed by atoms with Gasteiger partial charge in [0.2, 0.25) is 0 Å². The molecule has 2 rings (SSSR count). The Morgan fingerprint density at radius 2 is 1.60 bits per heavy atom. The first kappa shape index (κ1) is 15.8. The second-order valence-corrected chi connectivity index (χ2v) is 6.93. The fraction of sp³-hybridized carbons (Fsp3) is 0.938. The summed E-state index contributed by atoms with van der Waals surface area (Å²) in [5.41, 5.74) is -0.585. The first-order valence-electron chi connectivity index (χ1n) is 8.25. The van der Waals surface area contributed by atoms with Gasteiger partial charge in [-0.15, -0.1) is 0 Å². The zero-order valence-corrected chi connectivity index (χ0v) is 13.1. The van der Waals surface area contributed by atoms with Crippen LogP contribution < -0.4 is 0 Å². The van der Waals surface area contributed by atoms with E-state index in [1.165, 1.54) is 12.8 Å². The smallest absolute Gasteiger partial charge is 0.324 e. The molecular formula is C16H30N2O2. The van der Waals surface area contributed by atoms with E-state index in [1.54, 1.807) is 0 Å². The third-order valence-corrected chi connectivity index (χ3v) is 4.92. The Hall–Kier alpha value is -0.610. The van der Waals surface area contributed by atoms with E-state index in [4.69, 9.17) is 0 Å². The highest BCUT2D eigenvalue weighted by molar-refractivity contribution is 5.79. The van der Waals surface area contributed by atoms with Crippen molar-refractivity contribution in [2.45, 2.75) is 57.9 Å². The third-order valence-electron chi connectivity index (χ3n) is 4.92. The van der Waals surface area contributed by atoms with Gasteiger partial charge in [-0.05, 0) is 44.7 Å². The summed E-state index contributed by atoms with van der Waals surface area (Å²) in [6, 6.07) is 0. The highest BCUT2D eigenvalue weighted by Crippen LogP contribution is 2.31. The summed E-state index contributed by atoms with van der Waals surface area (Å²) >= 11 is 0. The Kier molecular flexibility index (Phi) is 5.44. The number of carboxylic acid groups (broad SMARTS) is 1. The lowest BCUT2D eigenvalue weighted by atomic mass is 9.85. The normalized spacial score (nSPS) is 25.6. The molecule has 0 radical (unpaired) electrons. The quantitative estimate of drug-likeness (QED) is 0.860. The van der Waals surface area contributed by atoms with Crippen LogP contribution in [0, 0.1) is 5.92 Å². The van der Waals surface area contributed by atoms with Gasteiger partial charge in [0.05, 0.1) is 0 Å². The molecule has 2 fully saturated rings. The minimum absolute atomic E-state index is 0.585. The summed E-state index contributed by atoms with van der Waals surface area (Å²) in [5.74, 6) is 0.0640. The molecule has 0 unspecified atom stereocenters. The number of likely N-dealkylation sites (tertiary alicyclic amines) is 2. The summed E-state index contributed by atoms with van der Waals surface area (Å²) in [7, 11) is 0. The highest BCUT2D eigenvalue weighted by atomic mass is 16.4. The number of nitrogens with zero attached hydrogens (tertiary/aromatic N) is 2. The lowest BCUT2D eigenvalue weighted by Crippen LogP contribution is -2.60. The SMILES string of the molecule is CC(C)CN1CCC(C(=O)O)(N2CCCCCC2)CC1. The molecule has 0 amide bonds. The van der Waals surface area contributed by atoms with Crippen LogP contribution in [0.15, 0.2) is 0 Å². The molecular weight excluding hydrogens is 252 g/mol. The van der Waals surface area contributed by atoms with Gasteiger partial charge in [-0.3, -0.25) is 9.69 Å². The van der Waals surface area contributed by atoms with Crippen LogP contribution in [0.1, 0.15) is 52.4 Å². The van der Waals surface area contributed by atoms with Gasteiger partial charge >= 0.3 is 5.97 Å². The molecule has 2 saturated heterocycles. The Balaban J connectivity index is 2.02. The van der Waals surface area contributed by atoms with Gasteiger partial charge in [0.1, 0.15) is 5.54 Å². The standard InChI is InChI=1S/C16H30N2O2/c1-14(2)13-17-11-7-16(8-12-17,15(19)20)18-9-5-3-4-6-10-18/h14H,3-13H2,1-2H3,(H,19,20). The fourth-order valence-electron chi connectivity index (χ4n) is 3.79. The van der Waals surface area contributed by atoms with Crippen molar-refractivity contribution in [2.24, 2.45) is 5.92 Å². The van der Waals surface area contributed by atoms with Gasteiger partial charge in [0.15, 0.2) is 0 Å². The fourth-order valence-corrected chi connectivity index (χ4v) is 3.79. The summed E-state index contributed by atoms with van der Waals surface area (Å²) < 4.78 is 0. The molecule has 2 aliphatic rings. The molecule has 116 valence electrons. The van der Waals surface area contributed by atoms with Crippen molar-refractivity contribution in [2.75, 3.05) is 32.7 Å². The molecule has 0 aromatic carbocycles. The van der Waals surface area contributed by atoms with Crippen molar-refractivity contribution in [1.29, 1.82) is 0 Å². The van der Waals surface area contributed by atoms with Crippen molar-refractivity contribution in [3.8, 4) is 0 Å².